The molecule has 1 N–H and O–H groups in total. The Morgan fingerprint density at radius 2 is 1.85 bits per heavy atom. The van der Waals surface area contributed by atoms with Crippen molar-refractivity contribution < 1.29 is 9.53 Å². The number of methoxy groups -OCH3 is 1. The van der Waals surface area contributed by atoms with Gasteiger partial charge < -0.3 is 10.1 Å². The first kappa shape index (κ1) is 14.5. The summed E-state index contributed by atoms with van der Waals surface area (Å²) in [4.78, 5) is 13.4. The number of aliphatic imine (C=N–C) groups is 1. The van der Waals surface area contributed by atoms with Crippen molar-refractivity contribution in [3.8, 4) is 0 Å². The van der Waals surface area contributed by atoms with E-state index in [2.05, 4.69) is 15.0 Å². The lowest BCUT2D eigenvalue weighted by molar-refractivity contribution is -0.109. The van der Waals surface area contributed by atoms with Crippen molar-refractivity contribution in [1.82, 2.24) is 5.32 Å². The molecule has 4 nitrogen and oxygen atoms in total. The van der Waals surface area contributed by atoms with Crippen LogP contribution in [0, 0.1) is 0 Å². The van der Waals surface area contributed by atoms with Crippen LogP contribution in [0.5, 0.6) is 0 Å². The van der Waals surface area contributed by atoms with Crippen molar-refractivity contribution >= 4 is 12.8 Å². The van der Waals surface area contributed by atoms with Gasteiger partial charge in [0, 0.05) is 12.1 Å². The zero-order chi connectivity index (χ0) is 10.7. The van der Waals surface area contributed by atoms with Gasteiger partial charge in [-0.1, -0.05) is 0 Å². The minimum atomic E-state index is 0.280. The van der Waals surface area contributed by atoms with Gasteiger partial charge in [-0.05, 0) is 27.7 Å². The number of hydrogen-bond acceptors (Lipinski definition) is 3. The normalized spacial score (nSPS) is 9.77. The van der Waals surface area contributed by atoms with Crippen molar-refractivity contribution in [3.63, 3.8) is 0 Å². The topological polar surface area (TPSA) is 50.7 Å². The molecule has 0 bridgehead atoms. The molecule has 0 aliphatic rings. The molecule has 0 saturated carbocycles. The molecule has 78 valence electrons. The molecule has 0 saturated heterocycles. The highest BCUT2D eigenvalue weighted by Crippen LogP contribution is 1.81. The number of rotatable bonds is 4. The molecule has 0 rings (SSSR count). The van der Waals surface area contributed by atoms with Crippen LogP contribution in [0.15, 0.2) is 4.99 Å². The van der Waals surface area contributed by atoms with Crippen LogP contribution in [0.4, 0.5) is 0 Å². The maximum Gasteiger partial charge on any atom is 0.207 e. The predicted molar refractivity (Wildman–Crippen MR) is 55.0 cm³/mol. The molecular weight excluding hydrogens is 168 g/mol. The van der Waals surface area contributed by atoms with Crippen LogP contribution < -0.4 is 5.32 Å². The van der Waals surface area contributed by atoms with Gasteiger partial charge in [0.15, 0.2) is 6.40 Å². The summed E-state index contributed by atoms with van der Waals surface area (Å²) in [5, 5.41) is 2.53. The SMILES string of the molecule is CC(C)NC=O.COC=NC(C)C. The molecule has 0 atom stereocenters. The number of amides is 1. The van der Waals surface area contributed by atoms with Gasteiger partial charge in [-0.3, -0.25) is 9.79 Å². The van der Waals surface area contributed by atoms with Crippen LogP contribution in [-0.2, 0) is 9.53 Å². The number of nitrogens with zero attached hydrogens (tertiary/aromatic N) is 1. The van der Waals surface area contributed by atoms with Gasteiger partial charge in [-0.25, -0.2) is 0 Å². The molecule has 0 aromatic rings. The molecular formula is C9H20N2O2. The van der Waals surface area contributed by atoms with Crippen LogP contribution in [-0.4, -0.2) is 32.0 Å². The second-order valence-corrected chi connectivity index (χ2v) is 3.02. The van der Waals surface area contributed by atoms with Gasteiger partial charge in [-0.15, -0.1) is 0 Å². The monoisotopic (exact) mass is 188 g/mol. The number of carbonyl (C=O) groups is 1. The van der Waals surface area contributed by atoms with Crippen LogP contribution in [0.3, 0.4) is 0 Å². The summed E-state index contributed by atoms with van der Waals surface area (Å²) in [6.07, 6.45) is 2.15. The van der Waals surface area contributed by atoms with Crippen molar-refractivity contribution in [3.05, 3.63) is 0 Å². The van der Waals surface area contributed by atoms with E-state index in [4.69, 9.17) is 0 Å². The molecule has 1 amide bonds. The highest BCUT2D eigenvalue weighted by molar-refractivity contribution is 5.46. The van der Waals surface area contributed by atoms with E-state index in [1.165, 1.54) is 6.40 Å². The predicted octanol–water partition coefficient (Wildman–Crippen LogP) is 1.21. The first-order valence-corrected chi connectivity index (χ1v) is 4.28. The lowest BCUT2D eigenvalue weighted by atomic mass is 10.4. The second-order valence-electron chi connectivity index (χ2n) is 3.02. The van der Waals surface area contributed by atoms with Gasteiger partial charge in [0.25, 0.3) is 0 Å². The van der Waals surface area contributed by atoms with E-state index in [1.54, 1.807) is 7.11 Å². The smallest absolute Gasteiger partial charge is 0.207 e. The Morgan fingerprint density at radius 3 is 1.92 bits per heavy atom. The van der Waals surface area contributed by atoms with Crippen molar-refractivity contribution in [2.24, 2.45) is 4.99 Å². The standard InChI is InChI=1S/C5H11NO.C4H9NO/c1-5(2)6-4-7-3;1-4(2)5-3-6/h4-5H,1-3H3;3-4H,1-2H3,(H,5,6). The summed E-state index contributed by atoms with van der Waals surface area (Å²) < 4.78 is 4.56. The summed E-state index contributed by atoms with van der Waals surface area (Å²) in [6, 6.07) is 0.627. The zero-order valence-electron chi connectivity index (χ0n) is 9.07. The van der Waals surface area contributed by atoms with Crippen molar-refractivity contribution in [2.75, 3.05) is 7.11 Å². The van der Waals surface area contributed by atoms with Crippen molar-refractivity contribution in [1.29, 1.82) is 0 Å². The van der Waals surface area contributed by atoms with Crippen molar-refractivity contribution in [2.45, 2.75) is 39.8 Å². The minimum absolute atomic E-state index is 0.280. The fourth-order valence-corrected chi connectivity index (χ4v) is 0.319. The maximum absolute atomic E-state index is 9.50. The van der Waals surface area contributed by atoms with Crippen LogP contribution >= 0.6 is 0 Å². The number of carbonyl (C=O) groups excluding carboxylic acids is 1. The van der Waals surface area contributed by atoms with Gasteiger partial charge in [-0.2, -0.15) is 0 Å². The third kappa shape index (κ3) is 24.8. The second kappa shape index (κ2) is 10.9. The molecule has 0 aromatic heterocycles. The minimum Gasteiger partial charge on any atom is -0.487 e. The van der Waals surface area contributed by atoms with E-state index in [0.29, 0.717) is 12.5 Å². The fourth-order valence-electron chi connectivity index (χ4n) is 0.319. The summed E-state index contributed by atoms with van der Waals surface area (Å²) >= 11 is 0. The van der Waals surface area contributed by atoms with Crippen LogP contribution in [0.2, 0.25) is 0 Å². The van der Waals surface area contributed by atoms with Gasteiger partial charge >= 0.3 is 0 Å². The molecule has 0 heterocycles. The molecule has 4 heteroatoms. The molecule has 0 radical (unpaired) electrons. The van der Waals surface area contributed by atoms with E-state index in [1.807, 2.05) is 27.7 Å². The number of nitrogens with one attached hydrogen (secondary N) is 1. The average Bonchev–Trinajstić information content (AvgIpc) is 2.01. The molecule has 0 fully saturated rings. The molecule has 0 spiro atoms. The molecule has 0 aliphatic heterocycles. The summed E-state index contributed by atoms with van der Waals surface area (Å²) in [5.74, 6) is 0. The summed E-state index contributed by atoms with van der Waals surface area (Å²) in [6.45, 7) is 7.81. The van der Waals surface area contributed by atoms with Gasteiger partial charge in [0.1, 0.15) is 0 Å². The van der Waals surface area contributed by atoms with E-state index in [-0.39, 0.29) is 6.04 Å². The molecule has 0 unspecified atom stereocenters. The lowest BCUT2D eigenvalue weighted by Gasteiger charge is -1.96. The van der Waals surface area contributed by atoms with Crippen LogP contribution in [0.25, 0.3) is 0 Å². The van der Waals surface area contributed by atoms with E-state index >= 15 is 0 Å². The highest BCUT2D eigenvalue weighted by atomic mass is 16.5. The van der Waals surface area contributed by atoms with E-state index < -0.39 is 0 Å². The summed E-state index contributed by atoms with van der Waals surface area (Å²) in [5.41, 5.74) is 0. The highest BCUT2D eigenvalue weighted by Gasteiger charge is 1.81. The third-order valence-electron chi connectivity index (χ3n) is 0.866. The zero-order valence-corrected chi connectivity index (χ0v) is 9.07. The van der Waals surface area contributed by atoms with Gasteiger partial charge in [0.05, 0.1) is 7.11 Å². The lowest BCUT2D eigenvalue weighted by Crippen LogP contribution is -2.19. The molecule has 0 aliphatic carbocycles. The first-order valence-electron chi connectivity index (χ1n) is 4.28. The Bertz CT molecular complexity index is 134. The Kier molecular flexibility index (Phi) is 12.2. The van der Waals surface area contributed by atoms with Crippen LogP contribution in [0.1, 0.15) is 27.7 Å². The quantitative estimate of drug-likeness (QED) is 0.409. The fraction of sp³-hybridized carbons (Fsp3) is 0.778. The number of hydrogen-bond donors (Lipinski definition) is 1. The Hall–Kier alpha value is -1.06. The molecule has 0 aromatic carbocycles. The molecule has 13 heavy (non-hydrogen) atoms. The maximum atomic E-state index is 9.50. The Morgan fingerprint density at radius 1 is 1.31 bits per heavy atom. The Labute approximate surface area is 80.4 Å². The average molecular weight is 188 g/mol. The Balaban J connectivity index is 0. The summed E-state index contributed by atoms with van der Waals surface area (Å²) in [7, 11) is 1.59. The number of ether oxygens (including phenoxy) is 1. The third-order valence-corrected chi connectivity index (χ3v) is 0.866. The van der Waals surface area contributed by atoms with E-state index in [9.17, 15) is 4.79 Å². The first-order chi connectivity index (χ1) is 6.04. The largest absolute Gasteiger partial charge is 0.487 e. The van der Waals surface area contributed by atoms with E-state index in [0.717, 1.165) is 0 Å². The van der Waals surface area contributed by atoms with Gasteiger partial charge in [0.2, 0.25) is 6.41 Å².